The molecule has 5 rings (SSSR count). The van der Waals surface area contributed by atoms with Gasteiger partial charge in [-0.15, -0.1) is 0 Å². The van der Waals surface area contributed by atoms with Gasteiger partial charge in [0.25, 0.3) is 0 Å². The van der Waals surface area contributed by atoms with Gasteiger partial charge in [0.2, 0.25) is 17.8 Å². The summed E-state index contributed by atoms with van der Waals surface area (Å²) in [5.74, 6) is 0.0830. The minimum absolute atomic E-state index is 0.0155. The van der Waals surface area contributed by atoms with Crippen LogP contribution in [0.2, 0.25) is 10.0 Å². The summed E-state index contributed by atoms with van der Waals surface area (Å²) < 4.78 is 16.7. The number of carbonyl (C=O) groups is 1. The molecule has 0 bridgehead atoms. The number of rotatable bonds is 6. The van der Waals surface area contributed by atoms with E-state index in [2.05, 4.69) is 20.6 Å². The van der Waals surface area contributed by atoms with Crippen LogP contribution in [0.3, 0.4) is 0 Å². The van der Waals surface area contributed by atoms with E-state index in [1.165, 1.54) is 25.0 Å². The molecule has 0 saturated heterocycles. The lowest BCUT2D eigenvalue weighted by Gasteiger charge is -2.35. The second-order valence-electron chi connectivity index (χ2n) is 9.86. The van der Waals surface area contributed by atoms with Crippen molar-refractivity contribution in [3.8, 4) is 0 Å². The Balaban J connectivity index is 1.54. The lowest BCUT2D eigenvalue weighted by atomic mass is 9.73. The number of fused-ring (bicyclic) bond motifs is 1. The highest BCUT2D eigenvalue weighted by Gasteiger charge is 2.37. The quantitative estimate of drug-likeness (QED) is 0.369. The summed E-state index contributed by atoms with van der Waals surface area (Å²) >= 11 is 12.2. The van der Waals surface area contributed by atoms with Crippen molar-refractivity contribution in [3.63, 3.8) is 0 Å². The first-order valence-corrected chi connectivity index (χ1v) is 12.7. The molecule has 0 atom stereocenters. The molecule has 35 heavy (non-hydrogen) atoms. The number of nitrogens with one attached hydrogen (secondary N) is 2. The molecular weight excluding hydrogens is 492 g/mol. The number of nitrogens with zero attached hydrogens (tertiary/aromatic N) is 4. The molecule has 1 amide bonds. The molecule has 2 saturated carbocycles. The normalized spacial score (nSPS) is 23.0. The van der Waals surface area contributed by atoms with E-state index >= 15 is 0 Å². The maximum Gasteiger partial charge on any atom is 0.224 e. The third-order valence-corrected chi connectivity index (χ3v) is 7.90. The standard InChI is InChI=1S/C24H28Cl2FN7O/c1-24(21(28)35)8-6-15(7-9-24)34-20-18(12-29-22(33-20)30-14-4-2-3-5-14)31-23(34)32-19-16(26)10-13(25)11-17(19)27/h10-12,14-15H,2-9H2,1H3,(H2,28,35)(H,31,32)(H,29,30,33)/t15-,24+. The van der Waals surface area contributed by atoms with Crippen LogP contribution in [0.15, 0.2) is 18.3 Å². The number of halogens is 3. The molecule has 0 aliphatic heterocycles. The molecule has 8 nitrogen and oxygen atoms in total. The minimum atomic E-state index is -0.583. The van der Waals surface area contributed by atoms with Gasteiger partial charge in [0.1, 0.15) is 11.3 Å². The summed E-state index contributed by atoms with van der Waals surface area (Å²) in [5, 5.41) is 6.85. The lowest BCUT2D eigenvalue weighted by Crippen LogP contribution is -2.38. The van der Waals surface area contributed by atoms with E-state index in [1.54, 1.807) is 6.20 Å². The molecular formula is C24H28Cl2FN7O. The summed E-state index contributed by atoms with van der Waals surface area (Å²) in [5.41, 5.74) is 6.43. The van der Waals surface area contributed by atoms with Crippen LogP contribution in [0.4, 0.5) is 22.0 Å². The smallest absolute Gasteiger partial charge is 0.224 e. The molecule has 186 valence electrons. The van der Waals surface area contributed by atoms with E-state index < -0.39 is 11.2 Å². The van der Waals surface area contributed by atoms with Crippen LogP contribution in [0.1, 0.15) is 64.3 Å². The highest BCUT2D eigenvalue weighted by atomic mass is 35.5. The lowest BCUT2D eigenvalue weighted by molar-refractivity contribution is -0.128. The highest BCUT2D eigenvalue weighted by Crippen LogP contribution is 2.43. The van der Waals surface area contributed by atoms with Crippen molar-refractivity contribution in [2.75, 3.05) is 10.6 Å². The Kier molecular flexibility index (Phi) is 6.48. The second-order valence-corrected chi connectivity index (χ2v) is 10.7. The van der Waals surface area contributed by atoms with Gasteiger partial charge in [-0.1, -0.05) is 43.0 Å². The molecule has 0 radical (unpaired) electrons. The summed E-state index contributed by atoms with van der Waals surface area (Å²) in [6.45, 7) is 1.91. The van der Waals surface area contributed by atoms with Crippen LogP contribution < -0.4 is 16.4 Å². The van der Waals surface area contributed by atoms with Crippen molar-refractivity contribution in [2.24, 2.45) is 11.1 Å². The van der Waals surface area contributed by atoms with Gasteiger partial charge in [-0.05, 0) is 50.7 Å². The molecule has 2 heterocycles. The first kappa shape index (κ1) is 24.1. The number of hydrogen-bond donors (Lipinski definition) is 3. The first-order valence-electron chi connectivity index (χ1n) is 12.0. The van der Waals surface area contributed by atoms with Gasteiger partial charge in [-0.2, -0.15) is 4.98 Å². The zero-order valence-electron chi connectivity index (χ0n) is 19.5. The third-order valence-electron chi connectivity index (χ3n) is 7.38. The molecule has 0 spiro atoms. The zero-order chi connectivity index (χ0) is 24.7. The second kappa shape index (κ2) is 9.43. The molecule has 2 aromatic heterocycles. The molecule has 2 fully saturated rings. The van der Waals surface area contributed by atoms with Crippen LogP contribution in [0, 0.1) is 11.2 Å². The van der Waals surface area contributed by atoms with Gasteiger partial charge in [0, 0.05) is 22.5 Å². The summed E-state index contributed by atoms with van der Waals surface area (Å²) in [6.07, 6.45) is 8.93. The predicted molar refractivity (Wildman–Crippen MR) is 136 cm³/mol. The Bertz CT molecular complexity index is 1240. The fourth-order valence-corrected chi connectivity index (χ4v) is 5.68. The molecule has 4 N–H and O–H groups in total. The van der Waals surface area contributed by atoms with E-state index in [0.717, 1.165) is 12.8 Å². The van der Waals surface area contributed by atoms with Crippen molar-refractivity contribution in [3.05, 3.63) is 34.2 Å². The topological polar surface area (TPSA) is 111 Å². The van der Waals surface area contributed by atoms with Gasteiger partial charge in [0.05, 0.1) is 16.9 Å². The predicted octanol–water partition coefficient (Wildman–Crippen LogP) is 5.98. The van der Waals surface area contributed by atoms with Gasteiger partial charge in [-0.25, -0.2) is 14.4 Å². The fourth-order valence-electron chi connectivity index (χ4n) is 5.16. The monoisotopic (exact) mass is 519 g/mol. The number of primary amides is 1. The molecule has 3 aromatic rings. The van der Waals surface area contributed by atoms with Crippen molar-refractivity contribution >= 4 is 57.9 Å². The van der Waals surface area contributed by atoms with Crippen LogP contribution in [-0.2, 0) is 4.79 Å². The maximum absolute atomic E-state index is 14.8. The molecule has 11 heteroatoms. The number of anilines is 3. The number of amides is 1. The van der Waals surface area contributed by atoms with Crippen molar-refractivity contribution in [1.82, 2.24) is 19.5 Å². The van der Waals surface area contributed by atoms with Crippen molar-refractivity contribution in [1.29, 1.82) is 0 Å². The van der Waals surface area contributed by atoms with Crippen LogP contribution in [0.5, 0.6) is 0 Å². The Labute approximate surface area is 212 Å². The first-order chi connectivity index (χ1) is 16.7. The zero-order valence-corrected chi connectivity index (χ0v) is 21.0. The third kappa shape index (κ3) is 4.76. The molecule has 2 aliphatic carbocycles. The van der Waals surface area contributed by atoms with Crippen molar-refractivity contribution < 1.29 is 9.18 Å². The Hall–Kier alpha value is -2.65. The van der Waals surface area contributed by atoms with Crippen LogP contribution in [-0.4, -0.2) is 31.5 Å². The van der Waals surface area contributed by atoms with Crippen LogP contribution in [0.25, 0.3) is 11.2 Å². The highest BCUT2D eigenvalue weighted by molar-refractivity contribution is 6.36. The number of nitrogens with two attached hydrogens (primary N) is 1. The molecule has 0 unspecified atom stereocenters. The van der Waals surface area contributed by atoms with E-state index in [4.69, 9.17) is 33.9 Å². The van der Waals surface area contributed by atoms with E-state index in [-0.39, 0.29) is 27.7 Å². The van der Waals surface area contributed by atoms with E-state index in [0.29, 0.717) is 54.8 Å². The maximum atomic E-state index is 14.8. The Morgan fingerprint density at radius 1 is 1.17 bits per heavy atom. The van der Waals surface area contributed by atoms with Crippen LogP contribution >= 0.6 is 23.2 Å². The van der Waals surface area contributed by atoms with Crippen molar-refractivity contribution in [2.45, 2.75) is 70.4 Å². The van der Waals surface area contributed by atoms with Gasteiger partial charge < -0.3 is 16.4 Å². The Morgan fingerprint density at radius 3 is 2.54 bits per heavy atom. The van der Waals surface area contributed by atoms with Gasteiger partial charge in [0.15, 0.2) is 5.65 Å². The number of hydrogen-bond acceptors (Lipinski definition) is 6. The van der Waals surface area contributed by atoms with Gasteiger partial charge >= 0.3 is 0 Å². The molecule has 2 aliphatic rings. The fraction of sp³-hybridized carbons (Fsp3) is 0.500. The van der Waals surface area contributed by atoms with Gasteiger partial charge in [-0.3, -0.25) is 9.36 Å². The summed E-state index contributed by atoms with van der Waals surface area (Å²) in [4.78, 5) is 25.9. The number of aromatic nitrogens is 4. The number of carbonyl (C=O) groups excluding carboxylic acids is 1. The Morgan fingerprint density at radius 2 is 1.89 bits per heavy atom. The SMILES string of the molecule is C[C@]1(C(N)=O)CC[C@@H](n2c(Nc3c(F)cc(Cl)cc3Cl)nc3cnc(NC4CCCC4)nc32)CC1. The summed E-state index contributed by atoms with van der Waals surface area (Å²) in [6, 6.07) is 3.02. The number of benzene rings is 1. The molecule has 1 aromatic carbocycles. The van der Waals surface area contributed by atoms with E-state index in [1.807, 2.05) is 11.5 Å². The number of imidazole rings is 1. The average Bonchev–Trinajstić information content (AvgIpc) is 3.44. The summed E-state index contributed by atoms with van der Waals surface area (Å²) in [7, 11) is 0. The largest absolute Gasteiger partial charge is 0.369 e. The minimum Gasteiger partial charge on any atom is -0.369 e. The average molecular weight is 520 g/mol. The van der Waals surface area contributed by atoms with E-state index in [9.17, 15) is 9.18 Å².